The van der Waals surface area contributed by atoms with Crippen molar-refractivity contribution >= 4 is 59.4 Å². The zero-order valence-electron chi connectivity index (χ0n) is 23.0. The van der Waals surface area contributed by atoms with E-state index >= 15 is 0 Å². The van der Waals surface area contributed by atoms with E-state index in [1.165, 1.54) is 29.6 Å². The van der Waals surface area contributed by atoms with Crippen molar-refractivity contribution in [1.29, 1.82) is 0 Å². The lowest BCUT2D eigenvalue weighted by Crippen LogP contribution is -2.30. The second-order valence-electron chi connectivity index (χ2n) is 9.25. The van der Waals surface area contributed by atoms with Crippen molar-refractivity contribution in [1.82, 2.24) is 4.31 Å². The molecule has 0 saturated heterocycles. The molecule has 0 heterocycles. The van der Waals surface area contributed by atoms with Gasteiger partial charge in [0, 0.05) is 41.6 Å². The van der Waals surface area contributed by atoms with E-state index in [1.54, 1.807) is 63.2 Å². The van der Waals surface area contributed by atoms with Crippen LogP contribution in [0, 0.1) is 6.92 Å². The maximum absolute atomic E-state index is 12.8. The third-order valence-corrected chi connectivity index (χ3v) is 9.64. The summed E-state index contributed by atoms with van der Waals surface area (Å²) in [6, 6.07) is 15.7. The van der Waals surface area contributed by atoms with Gasteiger partial charge < -0.3 is 26.2 Å². The molecule has 4 rings (SSSR count). The summed E-state index contributed by atoms with van der Waals surface area (Å²) < 4.78 is 66.9. The quantitative estimate of drug-likeness (QED) is 0.0924. The van der Waals surface area contributed by atoms with E-state index in [0.29, 0.717) is 46.9 Å². The van der Waals surface area contributed by atoms with E-state index in [0.717, 1.165) is 0 Å². The molecule has 0 fully saturated rings. The second kappa shape index (κ2) is 11.4. The van der Waals surface area contributed by atoms with Crippen LogP contribution in [0.25, 0.3) is 10.8 Å². The fraction of sp³-hybridized carbons (Fsp3) is 0.214. The van der Waals surface area contributed by atoms with Gasteiger partial charge in [-0.3, -0.25) is 4.55 Å². The van der Waals surface area contributed by atoms with E-state index in [4.69, 9.17) is 10.5 Å². The first-order valence-electron chi connectivity index (χ1n) is 12.7. The van der Waals surface area contributed by atoms with E-state index in [2.05, 4.69) is 10.6 Å². The Bertz CT molecular complexity index is 1820. The molecule has 41 heavy (non-hydrogen) atoms. The maximum Gasteiger partial charge on any atom is 0.296 e. The monoisotopic (exact) mass is 600 g/mol. The van der Waals surface area contributed by atoms with Crippen LogP contribution in [0.4, 0.5) is 28.4 Å². The second-order valence-corrected chi connectivity index (χ2v) is 12.6. The van der Waals surface area contributed by atoms with Crippen LogP contribution in [-0.4, -0.2) is 51.0 Å². The molecule has 6 N–H and O–H groups in total. The lowest BCUT2D eigenvalue weighted by Gasteiger charge is -2.20. The molecule has 0 aliphatic heterocycles. The number of benzene rings is 4. The predicted molar refractivity (Wildman–Crippen MR) is 161 cm³/mol. The van der Waals surface area contributed by atoms with Crippen LogP contribution >= 0.6 is 0 Å². The van der Waals surface area contributed by atoms with Gasteiger partial charge in [-0.15, -0.1) is 0 Å². The number of aromatic hydroxyl groups is 1. The molecule has 11 nitrogen and oxygen atoms in total. The van der Waals surface area contributed by atoms with Gasteiger partial charge in [-0.2, -0.15) is 12.7 Å². The molecule has 13 heteroatoms. The number of fused-ring (bicyclic) bond motifs is 1. The number of nitrogens with zero attached hydrogens (tertiary/aromatic N) is 1. The lowest BCUT2D eigenvalue weighted by molar-refractivity contribution is 0.417. The minimum Gasteiger partial charge on any atom is -0.505 e. The van der Waals surface area contributed by atoms with Crippen molar-refractivity contribution in [3.63, 3.8) is 0 Å². The molecule has 0 spiro atoms. The molecular weight excluding hydrogens is 568 g/mol. The first-order valence-corrected chi connectivity index (χ1v) is 15.5. The highest BCUT2D eigenvalue weighted by Gasteiger charge is 2.24. The highest BCUT2D eigenvalue weighted by molar-refractivity contribution is 7.89. The summed E-state index contributed by atoms with van der Waals surface area (Å²) in [7, 11) is -6.91. The van der Waals surface area contributed by atoms with Crippen LogP contribution in [0.3, 0.4) is 0 Å². The first-order chi connectivity index (χ1) is 19.3. The molecule has 0 amide bonds. The standard InChI is InChI=1S/C28H32N4O7S2/c1-5-32(6-2)40(34,35)20-12-10-19(11-13-20)30-22-16-24(39-4)23(14-17(22)3)31-27-25(41(36,37)38)15-18-8-7-9-21(29)26(18)28(27)33/h7-16,30-31,33H,5-6,29H2,1-4H3,(H,36,37,38). The highest BCUT2D eigenvalue weighted by Crippen LogP contribution is 2.44. The fourth-order valence-corrected chi connectivity index (χ4v) is 6.70. The van der Waals surface area contributed by atoms with Crippen molar-refractivity contribution < 1.29 is 31.2 Å². The SMILES string of the molecule is CCN(CC)S(=O)(=O)c1ccc(Nc2cc(OC)c(Nc3c(S(=O)(=O)O)cc4cccc(N)c4c3O)cc2C)cc1. The summed E-state index contributed by atoms with van der Waals surface area (Å²) in [5.41, 5.74) is 8.29. The minimum atomic E-state index is -4.74. The number of ether oxygens (including phenoxy) is 1. The Labute approximate surface area is 239 Å². The Morgan fingerprint density at radius 3 is 2.17 bits per heavy atom. The summed E-state index contributed by atoms with van der Waals surface area (Å²) in [5.74, 6) is -0.157. The van der Waals surface area contributed by atoms with Gasteiger partial charge in [-0.1, -0.05) is 26.0 Å². The molecule has 4 aromatic rings. The van der Waals surface area contributed by atoms with Gasteiger partial charge in [0.1, 0.15) is 22.1 Å². The van der Waals surface area contributed by atoms with E-state index in [9.17, 15) is 26.5 Å². The summed E-state index contributed by atoms with van der Waals surface area (Å²) in [6.45, 7) is 6.11. The number of rotatable bonds is 10. The summed E-state index contributed by atoms with van der Waals surface area (Å²) in [5, 5.41) is 17.7. The van der Waals surface area contributed by atoms with Gasteiger partial charge >= 0.3 is 0 Å². The van der Waals surface area contributed by atoms with Gasteiger partial charge in [0.05, 0.1) is 17.7 Å². The van der Waals surface area contributed by atoms with Crippen molar-refractivity contribution in [3.8, 4) is 11.5 Å². The van der Waals surface area contributed by atoms with Crippen LogP contribution < -0.4 is 21.1 Å². The molecule has 218 valence electrons. The van der Waals surface area contributed by atoms with Crippen LogP contribution in [0.15, 0.2) is 70.5 Å². The number of nitrogen functional groups attached to an aromatic ring is 1. The third kappa shape index (κ3) is 5.88. The third-order valence-electron chi connectivity index (χ3n) is 6.70. The molecule has 0 atom stereocenters. The molecule has 0 unspecified atom stereocenters. The van der Waals surface area contributed by atoms with Gasteiger partial charge in [0.2, 0.25) is 10.0 Å². The Balaban J connectivity index is 1.71. The van der Waals surface area contributed by atoms with Crippen molar-refractivity contribution in [2.45, 2.75) is 30.6 Å². The Morgan fingerprint density at radius 2 is 1.59 bits per heavy atom. The van der Waals surface area contributed by atoms with Gasteiger partial charge in [0.25, 0.3) is 10.1 Å². The maximum atomic E-state index is 12.8. The number of nitrogens with one attached hydrogen (secondary N) is 2. The Kier molecular flexibility index (Phi) is 8.36. The molecular formula is C28H32N4O7S2. The fourth-order valence-electron chi connectivity index (χ4n) is 4.56. The number of phenolic OH excluding ortho intramolecular Hbond substituents is 1. The number of sulfonamides is 1. The van der Waals surface area contributed by atoms with Crippen LogP contribution in [-0.2, 0) is 20.1 Å². The molecule has 0 saturated carbocycles. The number of hydrogen-bond donors (Lipinski definition) is 5. The average Bonchev–Trinajstić information content (AvgIpc) is 2.91. The Hall–Kier alpha value is -4.04. The Morgan fingerprint density at radius 1 is 0.927 bits per heavy atom. The summed E-state index contributed by atoms with van der Waals surface area (Å²) in [4.78, 5) is -0.346. The van der Waals surface area contributed by atoms with Gasteiger partial charge in [-0.05, 0) is 60.3 Å². The van der Waals surface area contributed by atoms with E-state index < -0.39 is 30.8 Å². The number of phenols is 1. The topological polar surface area (TPSA) is 171 Å². The number of anilines is 5. The molecule has 4 aromatic carbocycles. The van der Waals surface area contributed by atoms with Gasteiger partial charge in [0.15, 0.2) is 0 Å². The number of methoxy groups -OCH3 is 1. The largest absolute Gasteiger partial charge is 0.505 e. The summed E-state index contributed by atoms with van der Waals surface area (Å²) >= 11 is 0. The molecule has 0 bridgehead atoms. The lowest BCUT2D eigenvalue weighted by atomic mass is 10.1. The summed E-state index contributed by atoms with van der Waals surface area (Å²) in [6.07, 6.45) is 0. The predicted octanol–water partition coefficient (Wildman–Crippen LogP) is 5.21. The average molecular weight is 601 g/mol. The van der Waals surface area contributed by atoms with Crippen molar-refractivity contribution in [2.75, 3.05) is 36.6 Å². The van der Waals surface area contributed by atoms with Crippen molar-refractivity contribution in [2.24, 2.45) is 0 Å². The normalized spacial score (nSPS) is 12.0. The molecule has 0 aliphatic rings. The van der Waals surface area contributed by atoms with Crippen molar-refractivity contribution in [3.05, 3.63) is 66.2 Å². The molecule has 0 radical (unpaired) electrons. The van der Waals surface area contributed by atoms with Crippen LogP contribution in [0.5, 0.6) is 11.5 Å². The first kappa shape index (κ1) is 29.9. The zero-order valence-corrected chi connectivity index (χ0v) is 24.6. The van der Waals surface area contributed by atoms with E-state index in [1.807, 2.05) is 0 Å². The van der Waals surface area contributed by atoms with Crippen LogP contribution in [0.1, 0.15) is 19.4 Å². The molecule has 0 aliphatic carbocycles. The molecule has 0 aromatic heterocycles. The number of nitrogens with two attached hydrogens (primary N) is 1. The van der Waals surface area contributed by atoms with E-state index in [-0.39, 0.29) is 21.7 Å². The number of aryl methyl sites for hydroxylation is 1. The van der Waals surface area contributed by atoms with Gasteiger partial charge in [-0.25, -0.2) is 8.42 Å². The minimum absolute atomic E-state index is 0.186. The number of hydrogen-bond acceptors (Lipinski definition) is 9. The highest BCUT2D eigenvalue weighted by atomic mass is 32.2. The smallest absolute Gasteiger partial charge is 0.296 e. The van der Waals surface area contributed by atoms with Crippen LogP contribution in [0.2, 0.25) is 0 Å². The zero-order chi connectivity index (χ0) is 30.1.